The number of likely N-dealkylation sites (N-methyl/N-ethyl adjacent to an activating group) is 1. The van der Waals surface area contributed by atoms with Gasteiger partial charge in [0.15, 0.2) is 11.3 Å². The number of fused-ring (bicyclic) bond motifs is 1. The van der Waals surface area contributed by atoms with E-state index in [1.807, 2.05) is 54.3 Å². The number of urea groups is 1. The molecule has 3 aromatic rings. The molecule has 0 saturated carbocycles. The van der Waals surface area contributed by atoms with Gasteiger partial charge in [0.2, 0.25) is 0 Å². The van der Waals surface area contributed by atoms with E-state index in [9.17, 15) is 9.59 Å². The number of para-hydroxylation sites is 1. The van der Waals surface area contributed by atoms with Gasteiger partial charge in [-0.2, -0.15) is 0 Å². The summed E-state index contributed by atoms with van der Waals surface area (Å²) in [6.45, 7) is 4.69. The van der Waals surface area contributed by atoms with Crippen molar-refractivity contribution < 1.29 is 18.7 Å². The Labute approximate surface area is 237 Å². The van der Waals surface area contributed by atoms with E-state index < -0.39 is 0 Å². The SMILES string of the molecule is Cc1cc(Oc2cccc3ccoc23)ccc1N1C(=O)NC2=C(C(=O)N[C@@H]3CCCN(C)C3)SC3NCCC1C23. The molecule has 3 N–H and O–H groups in total. The van der Waals surface area contributed by atoms with Crippen LogP contribution in [0.25, 0.3) is 11.0 Å². The molecular formula is C30H33N5O4S. The number of nitrogens with one attached hydrogen (secondary N) is 3. The molecule has 40 heavy (non-hydrogen) atoms. The first-order chi connectivity index (χ1) is 19.5. The minimum atomic E-state index is -0.195. The van der Waals surface area contributed by atoms with Gasteiger partial charge >= 0.3 is 6.03 Å². The van der Waals surface area contributed by atoms with Gasteiger partial charge < -0.3 is 30.0 Å². The molecule has 4 aliphatic rings. The summed E-state index contributed by atoms with van der Waals surface area (Å²) in [6, 6.07) is 13.4. The van der Waals surface area contributed by atoms with Crippen molar-refractivity contribution in [3.63, 3.8) is 0 Å². The highest BCUT2D eigenvalue weighted by Crippen LogP contribution is 2.48. The fourth-order valence-corrected chi connectivity index (χ4v) is 7.97. The fraction of sp³-hybridized carbons (Fsp3) is 0.400. The number of carbonyl (C=O) groups is 2. The van der Waals surface area contributed by atoms with Crippen LogP contribution in [0.4, 0.5) is 10.5 Å². The van der Waals surface area contributed by atoms with Crippen molar-refractivity contribution in [2.24, 2.45) is 5.92 Å². The highest BCUT2D eigenvalue weighted by molar-refractivity contribution is 8.04. The predicted octanol–water partition coefficient (Wildman–Crippen LogP) is 4.54. The first-order valence-corrected chi connectivity index (χ1v) is 14.8. The summed E-state index contributed by atoms with van der Waals surface area (Å²) in [6.07, 6.45) is 4.51. The van der Waals surface area contributed by atoms with E-state index in [2.05, 4.69) is 27.9 Å². The second-order valence-electron chi connectivity index (χ2n) is 11.1. The molecule has 0 spiro atoms. The summed E-state index contributed by atoms with van der Waals surface area (Å²) in [5, 5.41) is 11.0. The van der Waals surface area contributed by atoms with Crippen LogP contribution in [0.15, 0.2) is 63.7 Å². The predicted molar refractivity (Wildman–Crippen MR) is 155 cm³/mol. The molecule has 4 atom stereocenters. The van der Waals surface area contributed by atoms with Crippen molar-refractivity contribution >= 4 is 40.4 Å². The number of benzene rings is 2. The number of likely N-dealkylation sites (tertiary alicyclic amines) is 1. The molecule has 0 radical (unpaired) electrons. The molecule has 0 bridgehead atoms. The lowest BCUT2D eigenvalue weighted by Crippen LogP contribution is -2.62. The molecule has 3 fully saturated rings. The van der Waals surface area contributed by atoms with Crippen LogP contribution >= 0.6 is 11.8 Å². The average molecular weight is 560 g/mol. The summed E-state index contributed by atoms with van der Waals surface area (Å²) in [5.41, 5.74) is 3.25. The largest absolute Gasteiger partial charge is 0.460 e. The van der Waals surface area contributed by atoms with Gasteiger partial charge in [-0.15, -0.1) is 0 Å². The van der Waals surface area contributed by atoms with Crippen LogP contribution in [0.2, 0.25) is 0 Å². The minimum Gasteiger partial charge on any atom is -0.460 e. The number of aryl methyl sites for hydroxylation is 1. The van der Waals surface area contributed by atoms with Crippen LogP contribution in [0.5, 0.6) is 11.5 Å². The zero-order valence-corrected chi connectivity index (χ0v) is 23.4. The molecule has 208 valence electrons. The van der Waals surface area contributed by atoms with E-state index >= 15 is 0 Å². The molecule has 4 aliphatic heterocycles. The second kappa shape index (κ2) is 10.2. The van der Waals surface area contributed by atoms with Crippen LogP contribution in [0.3, 0.4) is 0 Å². The van der Waals surface area contributed by atoms with Gasteiger partial charge in [0, 0.05) is 35.3 Å². The summed E-state index contributed by atoms with van der Waals surface area (Å²) in [5.74, 6) is 1.26. The Balaban J connectivity index is 1.14. The number of anilines is 1. The number of hydrogen-bond donors (Lipinski definition) is 3. The van der Waals surface area contributed by atoms with Crippen molar-refractivity contribution in [3.05, 3.63) is 64.9 Å². The maximum atomic E-state index is 13.7. The van der Waals surface area contributed by atoms with E-state index in [-0.39, 0.29) is 35.3 Å². The number of furan rings is 1. The fourth-order valence-electron chi connectivity index (χ4n) is 6.57. The molecule has 3 amide bonds. The number of rotatable bonds is 5. The summed E-state index contributed by atoms with van der Waals surface area (Å²) < 4.78 is 11.8. The first kappa shape index (κ1) is 25.5. The van der Waals surface area contributed by atoms with Gasteiger partial charge in [0.1, 0.15) is 5.75 Å². The summed E-state index contributed by atoms with van der Waals surface area (Å²) in [4.78, 5) is 31.8. The van der Waals surface area contributed by atoms with Crippen molar-refractivity contribution in [1.82, 2.24) is 20.9 Å². The minimum absolute atomic E-state index is 0.0121. The van der Waals surface area contributed by atoms with Crippen molar-refractivity contribution in [3.8, 4) is 11.5 Å². The monoisotopic (exact) mass is 559 g/mol. The maximum absolute atomic E-state index is 13.7. The molecule has 9 nitrogen and oxygen atoms in total. The Morgan fingerprint density at radius 3 is 2.95 bits per heavy atom. The van der Waals surface area contributed by atoms with Gasteiger partial charge in [0.25, 0.3) is 5.91 Å². The smallest absolute Gasteiger partial charge is 0.326 e. The van der Waals surface area contributed by atoms with Crippen LogP contribution in [-0.2, 0) is 4.79 Å². The normalized spacial score (nSPS) is 26.6. The Kier molecular flexibility index (Phi) is 6.48. The molecule has 1 aromatic heterocycles. The molecule has 0 aliphatic carbocycles. The van der Waals surface area contributed by atoms with E-state index in [0.717, 1.165) is 61.2 Å². The van der Waals surface area contributed by atoms with Gasteiger partial charge in [-0.25, -0.2) is 4.79 Å². The Bertz CT molecular complexity index is 1520. The third-order valence-electron chi connectivity index (χ3n) is 8.41. The molecule has 3 unspecified atom stereocenters. The molecule has 10 heteroatoms. The van der Waals surface area contributed by atoms with E-state index in [4.69, 9.17) is 9.15 Å². The lowest BCUT2D eigenvalue weighted by molar-refractivity contribution is -0.117. The van der Waals surface area contributed by atoms with Crippen LogP contribution in [-0.4, -0.2) is 61.0 Å². The Hall–Kier alpha value is -3.47. The average Bonchev–Trinajstić information content (AvgIpc) is 3.56. The summed E-state index contributed by atoms with van der Waals surface area (Å²) >= 11 is 1.55. The van der Waals surface area contributed by atoms with Gasteiger partial charge in [-0.1, -0.05) is 23.9 Å². The second-order valence-corrected chi connectivity index (χ2v) is 12.3. The van der Waals surface area contributed by atoms with E-state index in [0.29, 0.717) is 22.0 Å². The quantitative estimate of drug-likeness (QED) is 0.422. The topological polar surface area (TPSA) is 99.1 Å². The van der Waals surface area contributed by atoms with E-state index in [1.165, 1.54) is 0 Å². The van der Waals surface area contributed by atoms with Crippen molar-refractivity contribution in [2.45, 2.75) is 43.6 Å². The molecular weight excluding hydrogens is 526 g/mol. The molecule has 7 rings (SSSR count). The van der Waals surface area contributed by atoms with Crippen LogP contribution < -0.4 is 25.6 Å². The lowest BCUT2D eigenvalue weighted by Gasteiger charge is -2.46. The number of nitrogens with zero attached hydrogens (tertiary/aromatic N) is 2. The van der Waals surface area contributed by atoms with Crippen LogP contribution in [0, 0.1) is 12.8 Å². The third-order valence-corrected chi connectivity index (χ3v) is 9.76. The maximum Gasteiger partial charge on any atom is 0.326 e. The zero-order chi connectivity index (χ0) is 27.4. The Morgan fingerprint density at radius 2 is 2.10 bits per heavy atom. The van der Waals surface area contributed by atoms with Crippen molar-refractivity contribution in [1.29, 1.82) is 0 Å². The first-order valence-electron chi connectivity index (χ1n) is 13.9. The van der Waals surface area contributed by atoms with E-state index in [1.54, 1.807) is 18.0 Å². The van der Waals surface area contributed by atoms with Gasteiger partial charge in [-0.3, -0.25) is 9.69 Å². The zero-order valence-electron chi connectivity index (χ0n) is 22.6. The molecule has 3 saturated heterocycles. The highest BCUT2D eigenvalue weighted by atomic mass is 32.2. The molecule has 2 aromatic carbocycles. The standard InChI is InChI=1S/C30H33N5O4S/c1-17-15-20(39-23-7-3-5-18-11-14-38-26(18)23)8-9-21(17)35-22-10-12-31-29-24(22)25(33-30(35)37)27(40-29)28(36)32-19-6-4-13-34(2)16-19/h3,5,7-9,11,14-15,19,22,24,29,31H,4,6,10,12-13,16H2,1-2H3,(H,32,36)(H,33,37)/t19-,22?,24?,29?/m1/s1. The Morgan fingerprint density at radius 1 is 1.20 bits per heavy atom. The highest BCUT2D eigenvalue weighted by Gasteiger charge is 2.52. The number of amides is 3. The number of ether oxygens (including phenoxy) is 1. The number of hydrogen-bond acceptors (Lipinski definition) is 7. The van der Waals surface area contributed by atoms with Gasteiger partial charge in [0.05, 0.1) is 22.6 Å². The number of piperidine rings is 2. The number of carbonyl (C=O) groups excluding carboxylic acids is 2. The molecule has 5 heterocycles. The number of thioether (sulfide) groups is 1. The summed E-state index contributed by atoms with van der Waals surface area (Å²) in [7, 11) is 2.09. The van der Waals surface area contributed by atoms with Crippen LogP contribution in [0.1, 0.15) is 24.8 Å². The lowest BCUT2D eigenvalue weighted by atomic mass is 9.86. The third kappa shape index (κ3) is 4.44. The van der Waals surface area contributed by atoms with Gasteiger partial charge in [-0.05, 0) is 82.2 Å². The van der Waals surface area contributed by atoms with Crippen molar-refractivity contribution in [2.75, 3.05) is 31.6 Å².